The zero-order chi connectivity index (χ0) is 13.8. The van der Waals surface area contributed by atoms with Crippen LogP contribution >= 0.6 is 0 Å². The molecular weight excluding hydrogens is 246 g/mol. The Kier molecular flexibility index (Phi) is 4.09. The molecule has 1 aromatic carbocycles. The SMILES string of the molecule is O=C1CCCCC(C2(c3ccccc3)CCCCC2)N1. The Balaban J connectivity index is 1.94. The molecule has 0 aromatic heterocycles. The Morgan fingerprint density at radius 1 is 0.950 bits per heavy atom. The van der Waals surface area contributed by atoms with E-state index >= 15 is 0 Å². The summed E-state index contributed by atoms with van der Waals surface area (Å²) in [5, 5.41) is 3.35. The Morgan fingerprint density at radius 2 is 1.70 bits per heavy atom. The second-order valence-corrected chi connectivity index (χ2v) is 6.45. The van der Waals surface area contributed by atoms with E-state index in [9.17, 15) is 4.79 Å². The highest BCUT2D eigenvalue weighted by Gasteiger charge is 2.42. The normalized spacial score (nSPS) is 26.6. The second-order valence-electron chi connectivity index (χ2n) is 6.45. The quantitative estimate of drug-likeness (QED) is 0.867. The smallest absolute Gasteiger partial charge is 0.220 e. The third-order valence-corrected chi connectivity index (χ3v) is 5.24. The second kappa shape index (κ2) is 5.99. The summed E-state index contributed by atoms with van der Waals surface area (Å²) in [6.45, 7) is 0. The van der Waals surface area contributed by atoms with Gasteiger partial charge in [0.15, 0.2) is 0 Å². The van der Waals surface area contributed by atoms with Crippen LogP contribution in [-0.4, -0.2) is 11.9 Å². The molecule has 1 saturated carbocycles. The molecule has 3 rings (SSSR count). The minimum atomic E-state index is 0.180. The van der Waals surface area contributed by atoms with Gasteiger partial charge in [-0.3, -0.25) is 4.79 Å². The van der Waals surface area contributed by atoms with Crippen molar-refractivity contribution in [1.82, 2.24) is 5.32 Å². The van der Waals surface area contributed by atoms with E-state index in [1.807, 2.05) is 0 Å². The molecule has 2 heteroatoms. The molecule has 1 atom stereocenters. The first-order valence-corrected chi connectivity index (χ1v) is 8.16. The van der Waals surface area contributed by atoms with Crippen molar-refractivity contribution in [3.8, 4) is 0 Å². The van der Waals surface area contributed by atoms with Crippen LogP contribution in [0.4, 0.5) is 0 Å². The van der Waals surface area contributed by atoms with E-state index in [0.29, 0.717) is 12.5 Å². The maximum atomic E-state index is 12.0. The molecule has 1 aromatic rings. The number of rotatable bonds is 2. The monoisotopic (exact) mass is 271 g/mol. The number of benzene rings is 1. The maximum absolute atomic E-state index is 12.0. The van der Waals surface area contributed by atoms with Crippen molar-refractivity contribution in [2.24, 2.45) is 0 Å². The lowest BCUT2D eigenvalue weighted by molar-refractivity contribution is -0.122. The van der Waals surface area contributed by atoms with Crippen molar-refractivity contribution in [3.05, 3.63) is 35.9 Å². The van der Waals surface area contributed by atoms with Crippen molar-refractivity contribution in [3.63, 3.8) is 0 Å². The number of hydrogen-bond donors (Lipinski definition) is 1. The summed E-state index contributed by atoms with van der Waals surface area (Å²) in [4.78, 5) is 12.0. The molecule has 0 bridgehead atoms. The number of amides is 1. The topological polar surface area (TPSA) is 29.1 Å². The molecule has 2 aliphatic rings. The van der Waals surface area contributed by atoms with E-state index in [-0.39, 0.29) is 11.3 Å². The van der Waals surface area contributed by atoms with Gasteiger partial charge in [-0.15, -0.1) is 0 Å². The predicted molar refractivity (Wildman–Crippen MR) is 81.6 cm³/mol. The van der Waals surface area contributed by atoms with E-state index in [0.717, 1.165) is 12.8 Å². The molecular formula is C18H25NO. The first-order chi connectivity index (χ1) is 9.81. The third-order valence-electron chi connectivity index (χ3n) is 5.24. The minimum Gasteiger partial charge on any atom is -0.352 e. The largest absolute Gasteiger partial charge is 0.352 e. The van der Waals surface area contributed by atoms with Crippen LogP contribution in [0, 0.1) is 0 Å². The Bertz CT molecular complexity index is 448. The summed E-state index contributed by atoms with van der Waals surface area (Å²) in [5.74, 6) is 0.258. The lowest BCUT2D eigenvalue weighted by atomic mass is 9.64. The van der Waals surface area contributed by atoms with Crippen LogP contribution in [0.3, 0.4) is 0 Å². The Labute approximate surface area is 122 Å². The number of hydrogen-bond acceptors (Lipinski definition) is 1. The average molecular weight is 271 g/mol. The highest BCUT2D eigenvalue weighted by atomic mass is 16.1. The molecule has 1 aliphatic heterocycles. The summed E-state index contributed by atoms with van der Waals surface area (Å²) in [5.41, 5.74) is 1.62. The number of nitrogens with one attached hydrogen (secondary N) is 1. The van der Waals surface area contributed by atoms with Crippen LogP contribution in [0.15, 0.2) is 30.3 Å². The molecule has 108 valence electrons. The van der Waals surface area contributed by atoms with Gasteiger partial charge in [0.1, 0.15) is 0 Å². The lowest BCUT2D eigenvalue weighted by Crippen LogP contribution is -2.50. The van der Waals surface area contributed by atoms with Crippen molar-refractivity contribution in [1.29, 1.82) is 0 Å². The summed E-state index contributed by atoms with van der Waals surface area (Å²) in [6.07, 6.45) is 10.5. The molecule has 2 nitrogen and oxygen atoms in total. The Morgan fingerprint density at radius 3 is 2.45 bits per heavy atom. The van der Waals surface area contributed by atoms with Crippen LogP contribution in [0.1, 0.15) is 63.4 Å². The number of carbonyl (C=O) groups is 1. The fourth-order valence-electron chi connectivity index (χ4n) is 4.18. The van der Waals surface area contributed by atoms with Crippen LogP contribution in [0.5, 0.6) is 0 Å². The van der Waals surface area contributed by atoms with Gasteiger partial charge in [0.25, 0.3) is 0 Å². The fraction of sp³-hybridized carbons (Fsp3) is 0.611. The standard InChI is InChI=1S/C18H25NO/c20-17-12-6-5-11-16(19-17)18(13-7-2-8-14-18)15-9-3-1-4-10-15/h1,3-4,9-10,16H,2,5-8,11-14H2,(H,19,20). The van der Waals surface area contributed by atoms with E-state index in [1.54, 1.807) is 0 Å². The third kappa shape index (κ3) is 2.61. The molecule has 1 heterocycles. The van der Waals surface area contributed by atoms with Gasteiger partial charge in [-0.05, 0) is 31.2 Å². The van der Waals surface area contributed by atoms with Gasteiger partial charge >= 0.3 is 0 Å². The summed E-state index contributed by atoms with van der Waals surface area (Å²) in [6, 6.07) is 11.2. The van der Waals surface area contributed by atoms with Gasteiger partial charge < -0.3 is 5.32 Å². The predicted octanol–water partition coefficient (Wildman–Crippen LogP) is 3.95. The zero-order valence-corrected chi connectivity index (χ0v) is 12.2. The highest BCUT2D eigenvalue weighted by Crippen LogP contribution is 2.44. The summed E-state index contributed by atoms with van der Waals surface area (Å²) in [7, 11) is 0. The molecule has 0 radical (unpaired) electrons. The van der Waals surface area contributed by atoms with Gasteiger partial charge in [0.2, 0.25) is 5.91 Å². The van der Waals surface area contributed by atoms with Crippen LogP contribution in [0.25, 0.3) is 0 Å². The molecule has 1 aliphatic carbocycles. The minimum absolute atomic E-state index is 0.180. The Hall–Kier alpha value is -1.31. The van der Waals surface area contributed by atoms with E-state index in [4.69, 9.17) is 0 Å². The maximum Gasteiger partial charge on any atom is 0.220 e. The molecule has 1 amide bonds. The lowest BCUT2D eigenvalue weighted by Gasteiger charge is -2.44. The zero-order valence-electron chi connectivity index (χ0n) is 12.2. The molecule has 20 heavy (non-hydrogen) atoms. The van der Waals surface area contributed by atoms with Crippen LogP contribution in [-0.2, 0) is 10.2 Å². The number of carbonyl (C=O) groups excluding carboxylic acids is 1. The first kappa shape index (κ1) is 13.7. The van der Waals surface area contributed by atoms with Crippen molar-refractivity contribution in [2.45, 2.75) is 69.2 Å². The van der Waals surface area contributed by atoms with Gasteiger partial charge in [-0.25, -0.2) is 0 Å². The average Bonchev–Trinajstić information content (AvgIpc) is 2.74. The van der Waals surface area contributed by atoms with Crippen molar-refractivity contribution < 1.29 is 4.79 Å². The van der Waals surface area contributed by atoms with Gasteiger partial charge in [-0.2, -0.15) is 0 Å². The van der Waals surface area contributed by atoms with Crippen LogP contribution < -0.4 is 5.32 Å². The summed E-state index contributed by atoms with van der Waals surface area (Å²) >= 11 is 0. The van der Waals surface area contributed by atoms with E-state index < -0.39 is 0 Å². The van der Waals surface area contributed by atoms with Crippen molar-refractivity contribution in [2.75, 3.05) is 0 Å². The highest BCUT2D eigenvalue weighted by molar-refractivity contribution is 5.76. The van der Waals surface area contributed by atoms with E-state index in [1.165, 1.54) is 44.1 Å². The van der Waals surface area contributed by atoms with Gasteiger partial charge in [0, 0.05) is 17.9 Å². The summed E-state index contributed by atoms with van der Waals surface area (Å²) < 4.78 is 0. The van der Waals surface area contributed by atoms with Crippen molar-refractivity contribution >= 4 is 5.91 Å². The first-order valence-electron chi connectivity index (χ1n) is 8.16. The molecule has 1 N–H and O–H groups in total. The molecule has 0 spiro atoms. The fourth-order valence-corrected chi connectivity index (χ4v) is 4.18. The van der Waals surface area contributed by atoms with Crippen LogP contribution in [0.2, 0.25) is 0 Å². The molecule has 1 unspecified atom stereocenters. The van der Waals surface area contributed by atoms with Gasteiger partial charge in [0.05, 0.1) is 0 Å². The van der Waals surface area contributed by atoms with Gasteiger partial charge in [-0.1, -0.05) is 56.0 Å². The van der Waals surface area contributed by atoms with E-state index in [2.05, 4.69) is 35.6 Å². The molecule has 2 fully saturated rings. The molecule has 1 saturated heterocycles.